The molecular weight excluding hydrogens is 290 g/mol. The Bertz CT molecular complexity index is 666. The van der Waals surface area contributed by atoms with E-state index in [1.54, 1.807) is 0 Å². The van der Waals surface area contributed by atoms with Crippen molar-refractivity contribution in [2.45, 2.75) is 13.8 Å². The fourth-order valence-corrected chi connectivity index (χ4v) is 4.17. The van der Waals surface area contributed by atoms with E-state index in [1.807, 2.05) is 27.2 Å². The van der Waals surface area contributed by atoms with Crippen molar-refractivity contribution in [3.63, 3.8) is 0 Å². The zero-order chi connectivity index (χ0) is 16.3. The van der Waals surface area contributed by atoms with E-state index in [2.05, 4.69) is 48.0 Å². The molecule has 4 N–H and O–H groups in total. The highest BCUT2D eigenvalue weighted by Gasteiger charge is 2.16. The Morgan fingerprint density at radius 2 is 1.41 bits per heavy atom. The third-order valence-electron chi connectivity index (χ3n) is 3.57. The van der Waals surface area contributed by atoms with Crippen molar-refractivity contribution < 1.29 is 5.11 Å². The molecule has 0 bridgehead atoms. The number of hydrogen-bond acceptors (Lipinski definition) is 4. The summed E-state index contributed by atoms with van der Waals surface area (Å²) in [6, 6.07) is 8.63. The van der Waals surface area contributed by atoms with Gasteiger partial charge in [-0.2, -0.15) is 0 Å². The molecule has 0 fully saturated rings. The first-order valence-electron chi connectivity index (χ1n) is 7.28. The van der Waals surface area contributed by atoms with Crippen LogP contribution in [0.5, 0.6) is 5.75 Å². The zero-order valence-electron chi connectivity index (χ0n) is 13.8. The van der Waals surface area contributed by atoms with Gasteiger partial charge in [-0.3, -0.25) is 0 Å². The van der Waals surface area contributed by atoms with Crippen molar-refractivity contribution in [1.29, 1.82) is 0 Å². The van der Waals surface area contributed by atoms with Crippen LogP contribution in [0.1, 0.15) is 11.1 Å². The second-order valence-corrected chi connectivity index (χ2v) is 6.69. The van der Waals surface area contributed by atoms with Crippen molar-refractivity contribution in [1.82, 2.24) is 0 Å². The Kier molecular flexibility index (Phi) is 4.98. The first kappa shape index (κ1) is 16.2. The lowest BCUT2D eigenvalue weighted by Gasteiger charge is -2.19. The van der Waals surface area contributed by atoms with Gasteiger partial charge in [0, 0.05) is 21.1 Å². The van der Waals surface area contributed by atoms with E-state index in [4.69, 9.17) is 0 Å². The molecule has 2 radical (unpaired) electrons. The van der Waals surface area contributed by atoms with Gasteiger partial charge in [0.15, 0.2) is 5.75 Å². The van der Waals surface area contributed by atoms with Crippen LogP contribution in [0, 0.1) is 13.8 Å². The standard InChI is InChI=1S/C17H23N3OSi/c1-10-6-11(2)8-12(7-10)22-14-9-13(18-3)17(21)16(20-5)15(14)19-4/h6-9,18-21H,1-5H3. The summed E-state index contributed by atoms with van der Waals surface area (Å²) in [7, 11) is 6.03. The molecule has 0 aromatic heterocycles. The quantitative estimate of drug-likeness (QED) is 0.502. The molecule has 22 heavy (non-hydrogen) atoms. The van der Waals surface area contributed by atoms with Gasteiger partial charge in [0.1, 0.15) is 15.2 Å². The van der Waals surface area contributed by atoms with Crippen LogP contribution in [-0.2, 0) is 0 Å². The lowest BCUT2D eigenvalue weighted by molar-refractivity contribution is 0.480. The number of phenols is 1. The van der Waals surface area contributed by atoms with Gasteiger partial charge in [0.25, 0.3) is 0 Å². The van der Waals surface area contributed by atoms with E-state index >= 15 is 0 Å². The van der Waals surface area contributed by atoms with E-state index in [-0.39, 0.29) is 5.75 Å². The Morgan fingerprint density at radius 1 is 0.818 bits per heavy atom. The predicted octanol–water partition coefficient (Wildman–Crippen LogP) is 1.79. The topological polar surface area (TPSA) is 56.3 Å². The number of rotatable bonds is 5. The van der Waals surface area contributed by atoms with Gasteiger partial charge in [-0.1, -0.05) is 34.5 Å². The normalized spacial score (nSPS) is 10.4. The van der Waals surface area contributed by atoms with Crippen LogP contribution in [0.4, 0.5) is 17.1 Å². The third-order valence-corrected chi connectivity index (χ3v) is 4.81. The molecule has 116 valence electrons. The second-order valence-electron chi connectivity index (χ2n) is 5.32. The summed E-state index contributed by atoms with van der Waals surface area (Å²) < 4.78 is 0. The minimum Gasteiger partial charge on any atom is -0.504 e. The lowest BCUT2D eigenvalue weighted by atomic mass is 10.2. The number of phenolic OH excluding ortho intramolecular Hbond substituents is 1. The lowest BCUT2D eigenvalue weighted by Crippen LogP contribution is -2.30. The molecule has 0 aliphatic heterocycles. The molecule has 0 aliphatic rings. The highest BCUT2D eigenvalue weighted by atomic mass is 28.2. The van der Waals surface area contributed by atoms with Crippen LogP contribution in [0.15, 0.2) is 24.3 Å². The van der Waals surface area contributed by atoms with E-state index in [1.165, 1.54) is 21.5 Å². The fourth-order valence-electron chi connectivity index (χ4n) is 2.67. The molecule has 0 saturated heterocycles. The number of anilines is 3. The van der Waals surface area contributed by atoms with Crippen LogP contribution < -0.4 is 26.3 Å². The molecule has 0 unspecified atom stereocenters. The number of nitrogens with one attached hydrogen (secondary N) is 3. The first-order chi connectivity index (χ1) is 10.5. The third kappa shape index (κ3) is 3.19. The molecular formula is C17H23N3OSi. The highest BCUT2D eigenvalue weighted by molar-refractivity contribution is 6.69. The zero-order valence-corrected chi connectivity index (χ0v) is 14.8. The SMILES string of the molecule is CNc1cc([Si]c2cc(C)cc(C)c2)c(NC)c(NC)c1O. The maximum atomic E-state index is 10.3. The molecule has 0 amide bonds. The average molecular weight is 313 g/mol. The minimum absolute atomic E-state index is 0.239. The van der Waals surface area contributed by atoms with Crippen molar-refractivity contribution in [2.75, 3.05) is 37.1 Å². The average Bonchev–Trinajstić information content (AvgIpc) is 2.47. The van der Waals surface area contributed by atoms with E-state index < -0.39 is 0 Å². The number of hydrogen-bond donors (Lipinski definition) is 4. The first-order valence-corrected chi connectivity index (χ1v) is 8.28. The largest absolute Gasteiger partial charge is 0.504 e. The molecule has 0 heterocycles. The van der Waals surface area contributed by atoms with Gasteiger partial charge in [-0.25, -0.2) is 0 Å². The predicted molar refractivity (Wildman–Crippen MR) is 97.7 cm³/mol. The maximum Gasteiger partial charge on any atom is 0.164 e. The number of benzene rings is 2. The number of aryl methyl sites for hydroxylation is 2. The van der Waals surface area contributed by atoms with Gasteiger partial charge in [0.2, 0.25) is 0 Å². The van der Waals surface area contributed by atoms with Crippen molar-refractivity contribution in [2.24, 2.45) is 0 Å². The van der Waals surface area contributed by atoms with Crippen LogP contribution >= 0.6 is 0 Å². The Balaban J connectivity index is 2.53. The number of aromatic hydroxyl groups is 1. The summed E-state index contributed by atoms with van der Waals surface area (Å²) in [5.74, 6) is 0.239. The molecule has 5 heteroatoms. The molecule has 2 aromatic rings. The molecule has 0 atom stereocenters. The Hall–Kier alpha value is -2.14. The van der Waals surface area contributed by atoms with Crippen molar-refractivity contribution in [3.8, 4) is 5.75 Å². The van der Waals surface area contributed by atoms with E-state index in [0.29, 0.717) is 9.52 Å². The molecule has 2 rings (SSSR count). The summed E-state index contributed by atoms with van der Waals surface area (Å²) in [5.41, 5.74) is 4.94. The molecule has 0 aliphatic carbocycles. The van der Waals surface area contributed by atoms with Gasteiger partial charge in [-0.05, 0) is 25.1 Å². The summed E-state index contributed by atoms with van der Waals surface area (Å²) >= 11 is 0. The molecule has 0 spiro atoms. The van der Waals surface area contributed by atoms with Crippen LogP contribution in [0.2, 0.25) is 0 Å². The van der Waals surface area contributed by atoms with Crippen molar-refractivity contribution >= 4 is 37.0 Å². The monoisotopic (exact) mass is 313 g/mol. The molecule has 4 nitrogen and oxygen atoms in total. The minimum atomic E-state index is 0.239. The maximum absolute atomic E-state index is 10.3. The van der Waals surface area contributed by atoms with Gasteiger partial charge >= 0.3 is 0 Å². The van der Waals surface area contributed by atoms with Crippen LogP contribution in [-0.4, -0.2) is 35.8 Å². The summed E-state index contributed by atoms with van der Waals surface area (Å²) in [4.78, 5) is 0. The Labute approximate surface area is 134 Å². The molecule has 0 saturated carbocycles. The van der Waals surface area contributed by atoms with E-state index in [9.17, 15) is 5.11 Å². The van der Waals surface area contributed by atoms with Gasteiger partial charge in [0.05, 0.1) is 11.4 Å². The van der Waals surface area contributed by atoms with Gasteiger partial charge in [-0.15, -0.1) is 0 Å². The second kappa shape index (κ2) is 6.75. The molecule has 2 aromatic carbocycles. The van der Waals surface area contributed by atoms with Crippen LogP contribution in [0.25, 0.3) is 0 Å². The van der Waals surface area contributed by atoms with Gasteiger partial charge < -0.3 is 21.1 Å². The summed E-state index contributed by atoms with van der Waals surface area (Å²) in [6.45, 7) is 4.24. The summed E-state index contributed by atoms with van der Waals surface area (Å²) in [5, 5.41) is 22.1. The van der Waals surface area contributed by atoms with E-state index in [0.717, 1.165) is 17.1 Å². The highest BCUT2D eigenvalue weighted by Crippen LogP contribution is 2.36. The fraction of sp³-hybridized carbons (Fsp3) is 0.294. The van der Waals surface area contributed by atoms with Crippen LogP contribution in [0.3, 0.4) is 0 Å². The summed E-state index contributed by atoms with van der Waals surface area (Å²) in [6.07, 6.45) is 0. The van der Waals surface area contributed by atoms with Crippen molar-refractivity contribution in [3.05, 3.63) is 35.4 Å². The smallest absolute Gasteiger partial charge is 0.164 e. The Morgan fingerprint density at radius 3 is 1.91 bits per heavy atom.